The predicted octanol–water partition coefficient (Wildman–Crippen LogP) is 8.38. The Morgan fingerprint density at radius 2 is 1.58 bits per heavy atom. The number of unbranched alkanes of at least 4 members (excludes halogenated alkanes) is 1. The van der Waals surface area contributed by atoms with E-state index < -0.39 is 5.41 Å². The molecule has 242 valence electrons. The third-order valence-electron chi connectivity index (χ3n) is 8.68. The summed E-state index contributed by atoms with van der Waals surface area (Å²) in [5.41, 5.74) is 8.53. The second-order valence-electron chi connectivity index (χ2n) is 14.5. The van der Waals surface area contributed by atoms with Gasteiger partial charge in [0.25, 0.3) is 0 Å². The van der Waals surface area contributed by atoms with Crippen LogP contribution in [0, 0.1) is 25.7 Å². The van der Waals surface area contributed by atoms with Gasteiger partial charge in [0.15, 0.2) is 0 Å². The first-order valence-corrected chi connectivity index (χ1v) is 16.9. The first kappa shape index (κ1) is 34.4. The van der Waals surface area contributed by atoms with Crippen molar-refractivity contribution >= 4 is 16.9 Å². The van der Waals surface area contributed by atoms with Gasteiger partial charge in [0.2, 0.25) is 5.91 Å². The average Bonchev–Trinajstić information content (AvgIpc) is 3.37. The van der Waals surface area contributed by atoms with Crippen molar-refractivity contribution in [3.8, 4) is 11.3 Å². The van der Waals surface area contributed by atoms with Gasteiger partial charge in [-0.3, -0.25) is 9.78 Å². The van der Waals surface area contributed by atoms with Crippen LogP contribution in [0.4, 0.5) is 0 Å². The van der Waals surface area contributed by atoms with Crippen molar-refractivity contribution < 1.29 is 4.79 Å². The van der Waals surface area contributed by atoms with E-state index in [-0.39, 0.29) is 11.8 Å². The highest BCUT2D eigenvalue weighted by atomic mass is 16.2. The molecule has 3 heterocycles. The van der Waals surface area contributed by atoms with Gasteiger partial charge in [0.1, 0.15) is 5.65 Å². The molecule has 0 saturated carbocycles. The Hall–Kier alpha value is -3.51. The van der Waals surface area contributed by atoms with Crippen molar-refractivity contribution in [2.24, 2.45) is 11.8 Å². The third kappa shape index (κ3) is 8.82. The van der Waals surface area contributed by atoms with Crippen LogP contribution in [0.5, 0.6) is 0 Å². The largest absolute Gasteiger partial charge is 0.341 e. The maximum absolute atomic E-state index is 14.1. The summed E-state index contributed by atoms with van der Waals surface area (Å²) >= 11 is 0. The van der Waals surface area contributed by atoms with E-state index in [1.54, 1.807) is 0 Å². The van der Waals surface area contributed by atoms with Crippen molar-refractivity contribution in [3.63, 3.8) is 0 Å². The van der Waals surface area contributed by atoms with Crippen LogP contribution in [0.3, 0.4) is 0 Å². The number of nitrogens with zero attached hydrogens (tertiary/aromatic N) is 3. The van der Waals surface area contributed by atoms with Gasteiger partial charge < -0.3 is 15.2 Å². The molecule has 4 rings (SSSR count). The van der Waals surface area contributed by atoms with Crippen LogP contribution in [0.1, 0.15) is 95.0 Å². The van der Waals surface area contributed by atoms with Crippen molar-refractivity contribution in [1.82, 2.24) is 25.2 Å². The highest BCUT2D eigenvalue weighted by Gasteiger charge is 2.35. The highest BCUT2D eigenvalue weighted by Crippen LogP contribution is 2.38. The van der Waals surface area contributed by atoms with Gasteiger partial charge in [0, 0.05) is 43.6 Å². The maximum Gasteiger partial charge on any atom is 0.232 e. The fraction of sp³-hybridized carbons (Fsp3) is 0.513. The molecule has 0 fully saturated rings. The van der Waals surface area contributed by atoms with E-state index in [1.165, 1.54) is 27.8 Å². The van der Waals surface area contributed by atoms with Crippen LogP contribution in [0.15, 0.2) is 55.0 Å². The zero-order chi connectivity index (χ0) is 32.7. The zero-order valence-electron chi connectivity index (χ0n) is 29.1. The van der Waals surface area contributed by atoms with Gasteiger partial charge in [-0.05, 0) is 124 Å². The molecule has 0 unspecified atom stereocenters. The number of aryl methyl sites for hydroxylation is 3. The molecule has 1 aromatic carbocycles. The minimum Gasteiger partial charge on any atom is -0.341 e. The van der Waals surface area contributed by atoms with Crippen LogP contribution in [0.25, 0.3) is 22.3 Å². The number of aromatic amines is 1. The average molecular weight is 610 g/mol. The van der Waals surface area contributed by atoms with E-state index in [0.717, 1.165) is 67.7 Å². The van der Waals surface area contributed by atoms with E-state index in [4.69, 9.17) is 4.98 Å². The molecule has 0 spiro atoms. The molecule has 2 N–H and O–H groups in total. The lowest BCUT2D eigenvalue weighted by atomic mass is 9.82. The zero-order valence-corrected chi connectivity index (χ0v) is 29.1. The van der Waals surface area contributed by atoms with Crippen LogP contribution in [0.2, 0.25) is 0 Å². The number of fused-ring (bicyclic) bond motifs is 1. The quantitative estimate of drug-likeness (QED) is 0.133. The molecular formula is C39H55N5O. The third-order valence-corrected chi connectivity index (χ3v) is 8.68. The summed E-state index contributed by atoms with van der Waals surface area (Å²) in [4.78, 5) is 28.9. The fourth-order valence-corrected chi connectivity index (χ4v) is 6.48. The van der Waals surface area contributed by atoms with Gasteiger partial charge >= 0.3 is 0 Å². The molecule has 0 radical (unpaired) electrons. The first-order valence-electron chi connectivity index (χ1n) is 16.9. The van der Waals surface area contributed by atoms with Gasteiger partial charge in [-0.2, -0.15) is 0 Å². The van der Waals surface area contributed by atoms with Crippen LogP contribution in [-0.4, -0.2) is 51.9 Å². The van der Waals surface area contributed by atoms with E-state index in [9.17, 15) is 4.79 Å². The molecule has 6 heteroatoms. The molecule has 1 amide bonds. The molecule has 0 bridgehead atoms. The Morgan fingerprint density at radius 3 is 2.20 bits per heavy atom. The monoisotopic (exact) mass is 609 g/mol. The normalized spacial score (nSPS) is 12.8. The van der Waals surface area contributed by atoms with Crippen LogP contribution >= 0.6 is 0 Å². The van der Waals surface area contributed by atoms with E-state index >= 15 is 0 Å². The fourth-order valence-electron chi connectivity index (χ4n) is 6.48. The second kappa shape index (κ2) is 15.2. The molecule has 1 atom stereocenters. The van der Waals surface area contributed by atoms with Crippen molar-refractivity contribution in [2.75, 3.05) is 26.2 Å². The Balaban J connectivity index is 1.63. The number of hydrogen-bond donors (Lipinski definition) is 2. The Labute approximate surface area is 271 Å². The number of aromatic nitrogens is 3. The SMILES string of the molecule is Cc1cc(C)cc(-c2[nH]c3ncc(C(C)(C)C(=O)N(CC(C)C)CC(C)C)cc3c2[C@H](C)CNCCCCc2ccncc2)c1. The van der Waals surface area contributed by atoms with Crippen molar-refractivity contribution in [2.45, 2.75) is 92.9 Å². The van der Waals surface area contributed by atoms with Gasteiger partial charge in [0.05, 0.1) is 11.1 Å². The van der Waals surface area contributed by atoms with E-state index in [2.05, 4.69) is 119 Å². The number of hydrogen-bond acceptors (Lipinski definition) is 4. The van der Waals surface area contributed by atoms with Crippen molar-refractivity contribution in [1.29, 1.82) is 0 Å². The Bertz CT molecular complexity index is 1520. The number of carbonyl (C=O) groups is 1. The van der Waals surface area contributed by atoms with E-state index in [1.807, 2.05) is 18.6 Å². The molecule has 4 aromatic rings. The summed E-state index contributed by atoms with van der Waals surface area (Å²) in [6, 6.07) is 13.2. The molecule has 6 nitrogen and oxygen atoms in total. The minimum absolute atomic E-state index is 0.166. The predicted molar refractivity (Wildman–Crippen MR) is 189 cm³/mol. The second-order valence-corrected chi connectivity index (χ2v) is 14.5. The standard InChI is InChI=1S/C39H55N5O/c1-26(2)24-44(25-27(3)4)38(45)39(8,9)33-21-34-35(30(7)22-41-15-11-10-12-31-13-16-40-17-14-31)36(43-37(34)42-23-33)32-19-28(5)18-29(6)20-32/h13-14,16-21,23,26-27,30,41H,10-12,15,22,24-25H2,1-9H3,(H,42,43)/t30-/m1/s1. The lowest BCUT2D eigenvalue weighted by Gasteiger charge is -2.34. The molecular weight excluding hydrogens is 554 g/mol. The van der Waals surface area contributed by atoms with Gasteiger partial charge in [-0.1, -0.05) is 51.8 Å². The lowest BCUT2D eigenvalue weighted by Crippen LogP contribution is -2.46. The summed E-state index contributed by atoms with van der Waals surface area (Å²) < 4.78 is 0. The molecule has 0 saturated heterocycles. The molecule has 3 aromatic heterocycles. The molecule has 45 heavy (non-hydrogen) atoms. The molecule has 0 aliphatic rings. The number of benzene rings is 1. The van der Waals surface area contributed by atoms with Gasteiger partial charge in [-0.15, -0.1) is 0 Å². The smallest absolute Gasteiger partial charge is 0.232 e. The highest BCUT2D eigenvalue weighted by molar-refractivity contribution is 5.92. The topological polar surface area (TPSA) is 73.9 Å². The van der Waals surface area contributed by atoms with Crippen LogP contribution in [-0.2, 0) is 16.6 Å². The number of nitrogens with one attached hydrogen (secondary N) is 2. The minimum atomic E-state index is -0.699. The number of rotatable bonds is 15. The van der Waals surface area contributed by atoms with Crippen LogP contribution < -0.4 is 5.32 Å². The summed E-state index contributed by atoms with van der Waals surface area (Å²) in [5.74, 6) is 1.22. The summed E-state index contributed by atoms with van der Waals surface area (Å²) in [6.07, 6.45) is 8.99. The number of amides is 1. The molecule has 0 aliphatic heterocycles. The molecule has 0 aliphatic carbocycles. The number of H-pyrrole nitrogens is 1. The summed E-state index contributed by atoms with van der Waals surface area (Å²) in [7, 11) is 0. The summed E-state index contributed by atoms with van der Waals surface area (Å²) in [5, 5.41) is 4.84. The summed E-state index contributed by atoms with van der Waals surface area (Å²) in [6.45, 7) is 22.8. The van der Waals surface area contributed by atoms with Crippen molar-refractivity contribution in [3.05, 3.63) is 82.8 Å². The first-order chi connectivity index (χ1) is 21.4. The van der Waals surface area contributed by atoms with E-state index in [0.29, 0.717) is 11.8 Å². The number of carbonyl (C=O) groups excluding carboxylic acids is 1. The van der Waals surface area contributed by atoms with Gasteiger partial charge in [-0.25, -0.2) is 4.98 Å². The maximum atomic E-state index is 14.1. The lowest BCUT2D eigenvalue weighted by molar-refractivity contribution is -0.137. The Kier molecular flexibility index (Phi) is 11.6. The number of pyridine rings is 2. The Morgan fingerprint density at radius 1 is 0.933 bits per heavy atom.